The van der Waals surface area contributed by atoms with Gasteiger partial charge in [0.05, 0.1) is 0 Å². The Labute approximate surface area is 251 Å². The van der Waals surface area contributed by atoms with Crippen LogP contribution in [0.1, 0.15) is 80.2 Å². The van der Waals surface area contributed by atoms with E-state index in [0.717, 1.165) is 41.7 Å². The topological polar surface area (TPSA) is 15.3 Å². The molecule has 2 aliphatic heterocycles. The van der Waals surface area contributed by atoms with E-state index in [1.807, 2.05) is 38.1 Å². The second-order valence-corrected chi connectivity index (χ2v) is 10.5. The first-order chi connectivity index (χ1) is 17.8. The Kier molecular flexibility index (Phi) is 13.2. The molecule has 3 aromatic rings. The van der Waals surface area contributed by atoms with E-state index in [9.17, 15) is 0 Å². The molecular weight excluding hydrogens is 551 g/mol. The van der Waals surface area contributed by atoms with Crippen LogP contribution in [0.15, 0.2) is 61.2 Å². The zero-order chi connectivity index (χ0) is 26.9. The van der Waals surface area contributed by atoms with Crippen molar-refractivity contribution in [3.05, 3.63) is 105 Å². The van der Waals surface area contributed by atoms with Gasteiger partial charge in [-0.15, -0.1) is 6.07 Å². The number of aryl methyl sites for hydroxylation is 2. The van der Waals surface area contributed by atoms with Crippen molar-refractivity contribution in [1.29, 1.82) is 0 Å². The summed E-state index contributed by atoms with van der Waals surface area (Å²) in [6.07, 6.45) is 6.93. The number of hydrogen-bond donors (Lipinski definition) is 1. The number of fused-ring (bicyclic) bond motifs is 2. The molecule has 0 aromatic heterocycles. The van der Waals surface area contributed by atoms with Crippen LogP contribution >= 0.6 is 23.2 Å². The standard InChI is InChI=1S/C21H24ClN.C10H11ClN.C2H6.Fe/c1-14-7-9-19(16(3)12-14)17(4)23-11-5-6-15(2)20-13-18(22)8-10-21(20)23;11-9-4-5-10-8(7-9)3-1-2-6-12-10;1-2;/h7-10,12-13,15H,4-6,11H2,1-3H3;3-5,7,12H,1-2,6H2;1-2H3;/q;-1;;. The third-order valence-corrected chi connectivity index (χ3v) is 7.39. The molecule has 0 amide bonds. The Morgan fingerprint density at radius 2 is 1.68 bits per heavy atom. The van der Waals surface area contributed by atoms with Crippen molar-refractivity contribution < 1.29 is 17.1 Å². The second-order valence-electron chi connectivity index (χ2n) is 9.67. The fourth-order valence-corrected chi connectivity index (χ4v) is 5.37. The fourth-order valence-electron chi connectivity index (χ4n) is 5.01. The van der Waals surface area contributed by atoms with E-state index in [2.05, 4.69) is 74.3 Å². The molecule has 0 spiro atoms. The van der Waals surface area contributed by atoms with Crippen molar-refractivity contribution in [2.75, 3.05) is 23.3 Å². The van der Waals surface area contributed by atoms with Gasteiger partial charge in [-0.1, -0.05) is 98.6 Å². The zero-order valence-electron chi connectivity index (χ0n) is 23.4. The maximum Gasteiger partial charge on any atom is 0.0447 e. The molecule has 1 unspecified atom stereocenters. The summed E-state index contributed by atoms with van der Waals surface area (Å²) in [5, 5.41) is 4.99. The van der Waals surface area contributed by atoms with Gasteiger partial charge in [-0.2, -0.15) is 12.0 Å². The van der Waals surface area contributed by atoms with Crippen molar-refractivity contribution in [2.45, 2.75) is 66.2 Å². The molecule has 1 N–H and O–H groups in total. The summed E-state index contributed by atoms with van der Waals surface area (Å²) in [4.78, 5) is 2.37. The molecule has 206 valence electrons. The largest absolute Gasteiger partial charge is 0.436 e. The molecule has 2 heterocycles. The molecular formula is C33H41Cl2FeN2-. The van der Waals surface area contributed by atoms with Crippen LogP contribution in [-0.2, 0) is 17.1 Å². The van der Waals surface area contributed by atoms with Gasteiger partial charge in [0.25, 0.3) is 0 Å². The summed E-state index contributed by atoms with van der Waals surface area (Å²) >= 11 is 12.1. The third kappa shape index (κ3) is 8.23. The van der Waals surface area contributed by atoms with E-state index in [0.29, 0.717) is 5.92 Å². The number of anilines is 2. The Morgan fingerprint density at radius 3 is 2.42 bits per heavy atom. The van der Waals surface area contributed by atoms with Crippen molar-refractivity contribution in [3.63, 3.8) is 0 Å². The van der Waals surface area contributed by atoms with Crippen LogP contribution in [-0.4, -0.2) is 13.1 Å². The second kappa shape index (κ2) is 15.5. The molecule has 0 aliphatic carbocycles. The van der Waals surface area contributed by atoms with Gasteiger partial charge in [0, 0.05) is 52.1 Å². The Balaban J connectivity index is 0.000000285. The van der Waals surface area contributed by atoms with Gasteiger partial charge >= 0.3 is 0 Å². The van der Waals surface area contributed by atoms with Gasteiger partial charge in [0.1, 0.15) is 0 Å². The molecule has 0 radical (unpaired) electrons. The average Bonchev–Trinajstić information content (AvgIpc) is 3.21. The van der Waals surface area contributed by atoms with E-state index >= 15 is 0 Å². The first kappa shape index (κ1) is 32.2. The summed E-state index contributed by atoms with van der Waals surface area (Å²) in [7, 11) is 0. The maximum atomic E-state index is 6.24. The van der Waals surface area contributed by atoms with Crippen molar-refractivity contribution in [2.24, 2.45) is 0 Å². The minimum absolute atomic E-state index is 0. The number of nitrogens with one attached hydrogen (secondary N) is 1. The van der Waals surface area contributed by atoms with Crippen LogP contribution in [0.2, 0.25) is 10.0 Å². The van der Waals surface area contributed by atoms with Gasteiger partial charge < -0.3 is 10.2 Å². The average molecular weight is 592 g/mol. The van der Waals surface area contributed by atoms with Crippen LogP contribution in [0.25, 0.3) is 5.70 Å². The van der Waals surface area contributed by atoms with Crippen LogP contribution in [0.5, 0.6) is 0 Å². The van der Waals surface area contributed by atoms with E-state index in [4.69, 9.17) is 23.2 Å². The van der Waals surface area contributed by atoms with Gasteiger partial charge in [-0.05, 0) is 73.4 Å². The summed E-state index contributed by atoms with van der Waals surface area (Å²) in [5.41, 5.74) is 9.91. The van der Waals surface area contributed by atoms with Crippen LogP contribution in [0.4, 0.5) is 11.4 Å². The van der Waals surface area contributed by atoms with Gasteiger partial charge in [-0.3, -0.25) is 0 Å². The maximum absolute atomic E-state index is 6.24. The quantitative estimate of drug-likeness (QED) is 0.235. The Bertz CT molecular complexity index is 1210. The number of nitrogens with zero attached hydrogens (tertiary/aromatic N) is 1. The summed E-state index contributed by atoms with van der Waals surface area (Å²) in [6, 6.07) is 18.8. The van der Waals surface area contributed by atoms with Crippen molar-refractivity contribution >= 4 is 40.3 Å². The van der Waals surface area contributed by atoms with E-state index in [1.54, 1.807) is 0 Å². The minimum Gasteiger partial charge on any atom is -0.436 e. The van der Waals surface area contributed by atoms with Gasteiger partial charge in [0.2, 0.25) is 0 Å². The first-order valence-corrected chi connectivity index (χ1v) is 14.3. The molecule has 1 atom stereocenters. The first-order valence-electron chi connectivity index (χ1n) is 13.5. The molecule has 2 aliphatic rings. The summed E-state index contributed by atoms with van der Waals surface area (Å²) in [6.45, 7) is 17.1. The molecule has 38 heavy (non-hydrogen) atoms. The molecule has 0 saturated heterocycles. The minimum atomic E-state index is 0. The molecule has 2 nitrogen and oxygen atoms in total. The number of rotatable bonds is 2. The third-order valence-electron chi connectivity index (χ3n) is 6.92. The molecule has 0 saturated carbocycles. The number of benzene rings is 3. The van der Waals surface area contributed by atoms with E-state index < -0.39 is 0 Å². The molecule has 0 bridgehead atoms. The van der Waals surface area contributed by atoms with Crippen molar-refractivity contribution in [3.8, 4) is 0 Å². The van der Waals surface area contributed by atoms with Crippen molar-refractivity contribution in [1.82, 2.24) is 0 Å². The van der Waals surface area contributed by atoms with Crippen LogP contribution < -0.4 is 10.2 Å². The zero-order valence-corrected chi connectivity index (χ0v) is 26.0. The molecule has 5 rings (SSSR count). The monoisotopic (exact) mass is 591 g/mol. The number of halogens is 2. The van der Waals surface area contributed by atoms with Gasteiger partial charge in [0.15, 0.2) is 0 Å². The fraction of sp³-hybridized carbons (Fsp3) is 0.364. The molecule has 3 aromatic carbocycles. The molecule has 0 fully saturated rings. The Morgan fingerprint density at radius 1 is 0.974 bits per heavy atom. The summed E-state index contributed by atoms with van der Waals surface area (Å²) in [5.74, 6) is 0.528. The SMILES string of the molecule is C=C(c1ccc(C)cc1C)N1CCCC(C)c2cc(Cl)ccc21.CC.Clc1ccc2c(c1)[CH-]CCCN2.[Fe]. The van der Waals surface area contributed by atoms with E-state index in [-0.39, 0.29) is 17.1 Å². The van der Waals surface area contributed by atoms with Crippen LogP contribution in [0.3, 0.4) is 0 Å². The van der Waals surface area contributed by atoms with Gasteiger partial charge in [-0.25, -0.2) is 0 Å². The predicted octanol–water partition coefficient (Wildman–Crippen LogP) is 10.5. The normalized spacial score (nSPS) is 15.7. The van der Waals surface area contributed by atoms with Crippen LogP contribution in [0, 0.1) is 20.3 Å². The molecule has 5 heteroatoms. The summed E-state index contributed by atoms with van der Waals surface area (Å²) < 4.78 is 0. The number of hydrogen-bond acceptors (Lipinski definition) is 2. The Hall–Kier alpha value is -2.03. The van der Waals surface area contributed by atoms with E-state index in [1.165, 1.54) is 52.0 Å². The predicted molar refractivity (Wildman–Crippen MR) is 165 cm³/mol. The smallest absolute Gasteiger partial charge is 0.0447 e.